The van der Waals surface area contributed by atoms with Gasteiger partial charge >= 0.3 is 5.37 Å². The molecule has 0 radical (unpaired) electrons. The van der Waals surface area contributed by atoms with Crippen LogP contribution in [-0.2, 0) is 5.41 Å². The van der Waals surface area contributed by atoms with Crippen LogP contribution in [0.5, 0.6) is 5.75 Å². The third-order valence-corrected chi connectivity index (χ3v) is 3.06. The van der Waals surface area contributed by atoms with Crippen molar-refractivity contribution in [3.05, 3.63) is 29.3 Å². The molecule has 0 saturated carbocycles. The highest BCUT2D eigenvalue weighted by Gasteiger charge is 2.21. The standard InChI is InChI=1S/C14H20ClNO2/c1-5-18-12-7-6-11(8-10(12)2)14(3,4)9-16-13(15)17/h6-8H,5,9H2,1-4H3,(H,16,17). The normalized spacial score (nSPS) is 11.2. The molecule has 1 N–H and O–H groups in total. The number of benzene rings is 1. The van der Waals surface area contributed by atoms with Crippen molar-refractivity contribution in [2.75, 3.05) is 13.2 Å². The molecular formula is C14H20ClNO2. The summed E-state index contributed by atoms with van der Waals surface area (Å²) in [5.74, 6) is 0.901. The number of carbonyl (C=O) groups excluding carboxylic acids is 1. The van der Waals surface area contributed by atoms with Crippen molar-refractivity contribution in [3.8, 4) is 5.75 Å². The summed E-state index contributed by atoms with van der Waals surface area (Å²) in [7, 11) is 0. The van der Waals surface area contributed by atoms with E-state index < -0.39 is 5.37 Å². The van der Waals surface area contributed by atoms with Crippen LogP contribution in [0.4, 0.5) is 4.79 Å². The fraction of sp³-hybridized carbons (Fsp3) is 0.500. The molecule has 0 heterocycles. The quantitative estimate of drug-likeness (QED) is 0.655. The number of ether oxygens (including phenoxy) is 1. The van der Waals surface area contributed by atoms with Crippen LogP contribution in [0, 0.1) is 6.92 Å². The molecule has 0 fully saturated rings. The van der Waals surface area contributed by atoms with Crippen LogP contribution < -0.4 is 10.1 Å². The SMILES string of the molecule is CCOc1ccc(C(C)(C)CNC(=O)Cl)cc1C. The van der Waals surface area contributed by atoms with Gasteiger partial charge < -0.3 is 10.1 Å². The smallest absolute Gasteiger partial charge is 0.313 e. The third-order valence-electron chi connectivity index (χ3n) is 2.93. The second-order valence-corrected chi connectivity index (χ2v) is 5.27. The molecule has 18 heavy (non-hydrogen) atoms. The second-order valence-electron chi connectivity index (χ2n) is 4.92. The lowest BCUT2D eigenvalue weighted by atomic mass is 9.84. The molecule has 1 amide bonds. The van der Waals surface area contributed by atoms with Gasteiger partial charge in [-0.15, -0.1) is 0 Å². The van der Waals surface area contributed by atoms with E-state index >= 15 is 0 Å². The fourth-order valence-corrected chi connectivity index (χ4v) is 1.85. The van der Waals surface area contributed by atoms with Gasteiger partial charge in [-0.05, 0) is 42.6 Å². The van der Waals surface area contributed by atoms with Crippen molar-refractivity contribution in [3.63, 3.8) is 0 Å². The van der Waals surface area contributed by atoms with Gasteiger partial charge in [-0.25, -0.2) is 0 Å². The van der Waals surface area contributed by atoms with Gasteiger partial charge in [0.2, 0.25) is 0 Å². The minimum atomic E-state index is -0.522. The van der Waals surface area contributed by atoms with Crippen molar-refractivity contribution in [1.82, 2.24) is 5.32 Å². The first-order chi connectivity index (χ1) is 8.36. The lowest BCUT2D eigenvalue weighted by Crippen LogP contribution is -2.34. The van der Waals surface area contributed by atoms with E-state index in [0.29, 0.717) is 13.2 Å². The Balaban J connectivity index is 2.88. The van der Waals surface area contributed by atoms with E-state index in [-0.39, 0.29) is 5.41 Å². The lowest BCUT2D eigenvalue weighted by Gasteiger charge is -2.26. The summed E-state index contributed by atoms with van der Waals surface area (Å²) in [5.41, 5.74) is 2.08. The monoisotopic (exact) mass is 269 g/mol. The first-order valence-corrected chi connectivity index (χ1v) is 6.42. The summed E-state index contributed by atoms with van der Waals surface area (Å²) in [4.78, 5) is 10.8. The molecule has 3 nitrogen and oxygen atoms in total. The third kappa shape index (κ3) is 3.91. The Hall–Kier alpha value is -1.22. The van der Waals surface area contributed by atoms with Crippen LogP contribution in [0.15, 0.2) is 18.2 Å². The zero-order valence-electron chi connectivity index (χ0n) is 11.3. The molecule has 0 saturated heterocycles. The molecule has 0 atom stereocenters. The van der Waals surface area contributed by atoms with Gasteiger partial charge in [-0.3, -0.25) is 4.79 Å². The van der Waals surface area contributed by atoms with Gasteiger partial charge in [0.25, 0.3) is 0 Å². The Morgan fingerprint density at radius 1 is 1.44 bits per heavy atom. The summed E-state index contributed by atoms with van der Waals surface area (Å²) >= 11 is 5.30. The van der Waals surface area contributed by atoms with Crippen molar-refractivity contribution < 1.29 is 9.53 Å². The molecule has 100 valence electrons. The van der Waals surface area contributed by atoms with Crippen molar-refractivity contribution in [2.45, 2.75) is 33.1 Å². The number of hydrogen-bond donors (Lipinski definition) is 1. The number of hydrogen-bond acceptors (Lipinski definition) is 2. The maximum absolute atomic E-state index is 10.8. The van der Waals surface area contributed by atoms with Crippen LogP contribution in [0.1, 0.15) is 31.9 Å². The first kappa shape index (κ1) is 14.8. The summed E-state index contributed by atoms with van der Waals surface area (Å²) < 4.78 is 5.51. The zero-order valence-corrected chi connectivity index (χ0v) is 12.1. The summed E-state index contributed by atoms with van der Waals surface area (Å²) in [6.45, 7) is 9.27. The molecular weight excluding hydrogens is 250 g/mol. The fourth-order valence-electron chi connectivity index (χ4n) is 1.78. The number of rotatable bonds is 5. The van der Waals surface area contributed by atoms with Gasteiger partial charge in [0.05, 0.1) is 6.61 Å². The Bertz CT molecular complexity index is 430. The number of aryl methyl sites for hydroxylation is 1. The molecule has 0 spiro atoms. The largest absolute Gasteiger partial charge is 0.494 e. The summed E-state index contributed by atoms with van der Waals surface area (Å²) in [6, 6.07) is 6.09. The highest BCUT2D eigenvalue weighted by Crippen LogP contribution is 2.27. The van der Waals surface area contributed by atoms with E-state index in [1.54, 1.807) is 0 Å². The Kier molecular flexibility index (Phi) is 5.03. The summed E-state index contributed by atoms with van der Waals surface area (Å²) in [6.07, 6.45) is 0. The average Bonchev–Trinajstić information content (AvgIpc) is 2.29. The van der Waals surface area contributed by atoms with Crippen LogP contribution >= 0.6 is 11.6 Å². The van der Waals surface area contributed by atoms with E-state index in [0.717, 1.165) is 16.9 Å². The highest BCUT2D eigenvalue weighted by molar-refractivity contribution is 6.62. The molecule has 1 aromatic carbocycles. The van der Waals surface area contributed by atoms with Gasteiger partial charge in [-0.2, -0.15) is 0 Å². The topological polar surface area (TPSA) is 38.3 Å². The van der Waals surface area contributed by atoms with Gasteiger partial charge in [-0.1, -0.05) is 26.0 Å². The number of nitrogens with one attached hydrogen (secondary N) is 1. The number of halogens is 1. The highest BCUT2D eigenvalue weighted by atomic mass is 35.5. The minimum absolute atomic E-state index is 0.167. The van der Waals surface area contributed by atoms with Crippen LogP contribution in [0.25, 0.3) is 0 Å². The molecule has 0 aliphatic rings. The predicted octanol–water partition coefficient (Wildman–Crippen LogP) is 3.62. The Morgan fingerprint density at radius 3 is 2.61 bits per heavy atom. The maximum Gasteiger partial charge on any atom is 0.313 e. The van der Waals surface area contributed by atoms with Gasteiger partial charge in [0.15, 0.2) is 0 Å². The number of carbonyl (C=O) groups is 1. The molecule has 0 unspecified atom stereocenters. The molecule has 0 aliphatic heterocycles. The van der Waals surface area contributed by atoms with E-state index in [9.17, 15) is 4.79 Å². The second kappa shape index (κ2) is 6.10. The minimum Gasteiger partial charge on any atom is -0.494 e. The lowest BCUT2D eigenvalue weighted by molar-refractivity contribution is 0.257. The van der Waals surface area contributed by atoms with Crippen molar-refractivity contribution >= 4 is 17.0 Å². The van der Waals surface area contributed by atoms with E-state index in [1.165, 1.54) is 0 Å². The Labute approximate surface area is 113 Å². The van der Waals surface area contributed by atoms with Crippen LogP contribution in [0.3, 0.4) is 0 Å². The van der Waals surface area contributed by atoms with E-state index in [1.807, 2.05) is 26.0 Å². The predicted molar refractivity (Wildman–Crippen MR) is 74.6 cm³/mol. The average molecular weight is 270 g/mol. The van der Waals surface area contributed by atoms with Crippen LogP contribution in [0.2, 0.25) is 0 Å². The molecule has 1 rings (SSSR count). The van der Waals surface area contributed by atoms with Crippen LogP contribution in [-0.4, -0.2) is 18.5 Å². The van der Waals surface area contributed by atoms with Gasteiger partial charge in [0.1, 0.15) is 5.75 Å². The maximum atomic E-state index is 10.8. The zero-order chi connectivity index (χ0) is 13.8. The molecule has 0 aliphatic carbocycles. The Morgan fingerprint density at radius 2 is 2.11 bits per heavy atom. The number of amides is 1. The molecule has 0 aromatic heterocycles. The molecule has 4 heteroatoms. The van der Waals surface area contributed by atoms with Crippen molar-refractivity contribution in [1.29, 1.82) is 0 Å². The summed E-state index contributed by atoms with van der Waals surface area (Å²) in [5, 5.41) is 2.12. The first-order valence-electron chi connectivity index (χ1n) is 6.04. The molecule has 0 bridgehead atoms. The van der Waals surface area contributed by atoms with E-state index in [2.05, 4.69) is 25.2 Å². The van der Waals surface area contributed by atoms with Crippen molar-refractivity contribution in [2.24, 2.45) is 0 Å². The van der Waals surface area contributed by atoms with Gasteiger partial charge in [0, 0.05) is 12.0 Å². The van der Waals surface area contributed by atoms with E-state index in [4.69, 9.17) is 16.3 Å². The molecule has 1 aromatic rings.